The first-order valence-corrected chi connectivity index (χ1v) is 7.31. The number of hydrogen-bond donors (Lipinski definition) is 2. The summed E-state index contributed by atoms with van der Waals surface area (Å²) in [6.45, 7) is 4.04. The van der Waals surface area contributed by atoms with Gasteiger partial charge in [0.05, 0.1) is 11.7 Å². The van der Waals surface area contributed by atoms with Crippen LogP contribution in [0.15, 0.2) is 24.3 Å². The molecular formula is C16H23NO2. The van der Waals surface area contributed by atoms with E-state index in [0.717, 1.165) is 24.2 Å². The maximum atomic E-state index is 11.0. The molecule has 2 N–H and O–H groups in total. The number of ether oxygens (including phenoxy) is 1. The molecule has 3 rings (SSSR count). The highest BCUT2D eigenvalue weighted by Gasteiger charge is 2.43. The maximum absolute atomic E-state index is 11.0. The van der Waals surface area contributed by atoms with Gasteiger partial charge in [0.1, 0.15) is 5.75 Å². The van der Waals surface area contributed by atoms with Crippen molar-refractivity contribution >= 4 is 0 Å². The van der Waals surface area contributed by atoms with Crippen LogP contribution in [0.3, 0.4) is 0 Å². The van der Waals surface area contributed by atoms with E-state index >= 15 is 0 Å². The minimum atomic E-state index is -0.687. The average Bonchev–Trinajstić information content (AvgIpc) is 2.69. The van der Waals surface area contributed by atoms with Gasteiger partial charge in [0.2, 0.25) is 0 Å². The fourth-order valence-electron chi connectivity index (χ4n) is 3.49. The number of aliphatic hydroxyl groups is 1. The number of fused-ring (bicyclic) bond motifs is 2. The Morgan fingerprint density at radius 3 is 2.58 bits per heavy atom. The summed E-state index contributed by atoms with van der Waals surface area (Å²) in [6.07, 6.45) is 4.17. The molecule has 2 heterocycles. The van der Waals surface area contributed by atoms with E-state index in [1.165, 1.54) is 12.8 Å². The monoisotopic (exact) mass is 261 g/mol. The maximum Gasteiger partial charge on any atom is 0.120 e. The highest BCUT2D eigenvalue weighted by Crippen LogP contribution is 2.41. The molecule has 0 saturated carbocycles. The van der Waals surface area contributed by atoms with Crippen molar-refractivity contribution in [1.82, 2.24) is 5.32 Å². The molecule has 2 saturated heterocycles. The molecule has 104 valence electrons. The van der Waals surface area contributed by atoms with Gasteiger partial charge in [-0.25, -0.2) is 0 Å². The van der Waals surface area contributed by atoms with E-state index in [1.807, 2.05) is 38.1 Å². The van der Waals surface area contributed by atoms with Gasteiger partial charge in [0.25, 0.3) is 0 Å². The van der Waals surface area contributed by atoms with E-state index < -0.39 is 5.60 Å². The van der Waals surface area contributed by atoms with Gasteiger partial charge in [-0.15, -0.1) is 0 Å². The number of piperidine rings is 1. The molecule has 19 heavy (non-hydrogen) atoms. The van der Waals surface area contributed by atoms with Crippen molar-refractivity contribution in [3.63, 3.8) is 0 Å². The van der Waals surface area contributed by atoms with Crippen LogP contribution in [0.25, 0.3) is 0 Å². The molecule has 0 amide bonds. The van der Waals surface area contributed by atoms with Gasteiger partial charge < -0.3 is 15.2 Å². The van der Waals surface area contributed by atoms with E-state index in [1.54, 1.807) is 0 Å². The van der Waals surface area contributed by atoms with Gasteiger partial charge in [-0.1, -0.05) is 12.1 Å². The van der Waals surface area contributed by atoms with Crippen LogP contribution in [0, 0.1) is 0 Å². The average molecular weight is 261 g/mol. The molecule has 2 bridgehead atoms. The van der Waals surface area contributed by atoms with Crippen LogP contribution in [0.5, 0.6) is 5.75 Å². The second-order valence-electron chi connectivity index (χ2n) is 6.27. The number of benzene rings is 1. The van der Waals surface area contributed by atoms with E-state index in [2.05, 4.69) is 5.32 Å². The predicted molar refractivity (Wildman–Crippen MR) is 75.3 cm³/mol. The Labute approximate surface area is 115 Å². The Kier molecular flexibility index (Phi) is 3.27. The van der Waals surface area contributed by atoms with Crippen molar-refractivity contribution in [1.29, 1.82) is 0 Å². The molecule has 2 unspecified atom stereocenters. The molecule has 2 aliphatic heterocycles. The fraction of sp³-hybridized carbons (Fsp3) is 0.625. The summed E-state index contributed by atoms with van der Waals surface area (Å²) in [5.41, 5.74) is 0.317. The smallest absolute Gasteiger partial charge is 0.120 e. The van der Waals surface area contributed by atoms with Crippen LogP contribution in [-0.2, 0) is 5.60 Å². The first-order valence-electron chi connectivity index (χ1n) is 7.31. The molecule has 2 aliphatic rings. The van der Waals surface area contributed by atoms with E-state index in [9.17, 15) is 5.11 Å². The van der Waals surface area contributed by atoms with E-state index in [0.29, 0.717) is 12.1 Å². The van der Waals surface area contributed by atoms with Crippen molar-refractivity contribution < 1.29 is 9.84 Å². The van der Waals surface area contributed by atoms with Crippen LogP contribution < -0.4 is 10.1 Å². The second-order valence-corrected chi connectivity index (χ2v) is 6.27. The second kappa shape index (κ2) is 4.80. The lowest BCUT2D eigenvalue weighted by Gasteiger charge is -2.37. The van der Waals surface area contributed by atoms with Crippen molar-refractivity contribution in [2.45, 2.75) is 63.3 Å². The molecular weight excluding hydrogens is 238 g/mol. The third kappa shape index (κ3) is 2.63. The molecule has 0 aliphatic carbocycles. The predicted octanol–water partition coefficient (Wildman–Crippen LogP) is 2.58. The van der Waals surface area contributed by atoms with Crippen molar-refractivity contribution in [3.05, 3.63) is 29.8 Å². The van der Waals surface area contributed by atoms with E-state index in [-0.39, 0.29) is 6.10 Å². The largest absolute Gasteiger partial charge is 0.491 e. The zero-order valence-electron chi connectivity index (χ0n) is 11.7. The summed E-state index contributed by atoms with van der Waals surface area (Å²) < 4.78 is 5.73. The third-order valence-electron chi connectivity index (χ3n) is 4.25. The summed E-state index contributed by atoms with van der Waals surface area (Å²) in [4.78, 5) is 0. The van der Waals surface area contributed by atoms with Gasteiger partial charge in [-0.2, -0.15) is 0 Å². The molecule has 1 aromatic rings. The minimum absolute atomic E-state index is 0.161. The molecule has 0 aromatic heterocycles. The summed E-state index contributed by atoms with van der Waals surface area (Å²) in [5, 5.41) is 14.6. The Bertz CT molecular complexity index is 446. The number of rotatable bonds is 3. The Balaban J connectivity index is 1.84. The first kappa shape index (κ1) is 12.9. The van der Waals surface area contributed by atoms with Crippen molar-refractivity contribution in [2.75, 3.05) is 0 Å². The van der Waals surface area contributed by atoms with Crippen LogP contribution in [0.2, 0.25) is 0 Å². The summed E-state index contributed by atoms with van der Waals surface area (Å²) >= 11 is 0. The van der Waals surface area contributed by atoms with Gasteiger partial charge in [-0.05, 0) is 57.2 Å². The highest BCUT2D eigenvalue weighted by molar-refractivity contribution is 5.33. The van der Waals surface area contributed by atoms with E-state index in [4.69, 9.17) is 4.74 Å². The van der Waals surface area contributed by atoms with Crippen LogP contribution >= 0.6 is 0 Å². The lowest BCUT2D eigenvalue weighted by atomic mass is 9.81. The minimum Gasteiger partial charge on any atom is -0.491 e. The molecule has 0 spiro atoms. The number of nitrogens with one attached hydrogen (secondary N) is 1. The fourth-order valence-corrected chi connectivity index (χ4v) is 3.49. The summed E-state index contributed by atoms with van der Waals surface area (Å²) in [5.74, 6) is 0.854. The topological polar surface area (TPSA) is 41.5 Å². The van der Waals surface area contributed by atoms with Crippen LogP contribution in [0.4, 0.5) is 0 Å². The Morgan fingerprint density at radius 2 is 1.95 bits per heavy atom. The first-order chi connectivity index (χ1) is 9.05. The van der Waals surface area contributed by atoms with Crippen molar-refractivity contribution in [3.8, 4) is 5.75 Å². The van der Waals surface area contributed by atoms with Gasteiger partial charge >= 0.3 is 0 Å². The van der Waals surface area contributed by atoms with Crippen molar-refractivity contribution in [2.24, 2.45) is 0 Å². The lowest BCUT2D eigenvalue weighted by Crippen LogP contribution is -2.46. The third-order valence-corrected chi connectivity index (χ3v) is 4.25. The Hall–Kier alpha value is -1.06. The van der Waals surface area contributed by atoms with Gasteiger partial charge in [-0.3, -0.25) is 0 Å². The zero-order chi connectivity index (χ0) is 13.5. The lowest BCUT2D eigenvalue weighted by molar-refractivity contribution is -0.0117. The van der Waals surface area contributed by atoms with Gasteiger partial charge in [0.15, 0.2) is 0 Å². The van der Waals surface area contributed by atoms with Crippen LogP contribution in [0.1, 0.15) is 45.1 Å². The van der Waals surface area contributed by atoms with Gasteiger partial charge in [0, 0.05) is 12.1 Å². The zero-order valence-corrected chi connectivity index (χ0v) is 11.7. The van der Waals surface area contributed by atoms with Crippen LogP contribution in [-0.4, -0.2) is 23.3 Å². The molecule has 2 fully saturated rings. The number of hydrogen-bond acceptors (Lipinski definition) is 3. The summed E-state index contributed by atoms with van der Waals surface area (Å²) in [7, 11) is 0. The standard InChI is InChI=1S/C16H23NO2/c1-11(2)19-15-5-3-4-12(8-15)16(18)9-13-6-7-14(10-16)17-13/h3-5,8,11,13-14,17-18H,6-7,9-10H2,1-2H3. The SMILES string of the molecule is CC(C)Oc1cccc(C2(O)CC3CCC(C2)N3)c1. The normalized spacial score (nSPS) is 33.7. The Morgan fingerprint density at radius 1 is 1.26 bits per heavy atom. The molecule has 0 radical (unpaired) electrons. The molecule has 1 aromatic carbocycles. The molecule has 3 heteroatoms. The molecule has 2 atom stereocenters. The molecule has 3 nitrogen and oxygen atoms in total. The highest BCUT2D eigenvalue weighted by atomic mass is 16.5. The summed E-state index contributed by atoms with van der Waals surface area (Å²) in [6, 6.07) is 8.91. The quantitative estimate of drug-likeness (QED) is 0.878.